The highest BCUT2D eigenvalue weighted by Gasteiger charge is 2.23. The first-order valence-corrected chi connectivity index (χ1v) is 9.18. The topological polar surface area (TPSA) is 66.2 Å². The number of imidazole rings is 2. The van der Waals surface area contributed by atoms with Crippen molar-refractivity contribution in [2.45, 2.75) is 34.2 Å². The minimum atomic E-state index is -0.380. The second kappa shape index (κ2) is 6.19. The van der Waals surface area contributed by atoms with Crippen molar-refractivity contribution in [3.63, 3.8) is 0 Å². The van der Waals surface area contributed by atoms with E-state index in [1.807, 2.05) is 32.3 Å². The molecule has 8 heteroatoms. The summed E-state index contributed by atoms with van der Waals surface area (Å²) in [6.45, 7) is 8.09. The fourth-order valence-corrected chi connectivity index (χ4v) is 3.68. The summed E-state index contributed by atoms with van der Waals surface area (Å²) in [6.07, 6.45) is 0. The molecule has 0 N–H and O–H groups in total. The van der Waals surface area contributed by atoms with Gasteiger partial charge in [0.2, 0.25) is 5.78 Å². The van der Waals surface area contributed by atoms with Gasteiger partial charge in [-0.25, -0.2) is 9.18 Å². The van der Waals surface area contributed by atoms with Crippen molar-refractivity contribution < 1.29 is 4.39 Å². The fourth-order valence-electron chi connectivity index (χ4n) is 3.68. The van der Waals surface area contributed by atoms with Crippen molar-refractivity contribution in [1.82, 2.24) is 23.1 Å². The molecule has 0 bridgehead atoms. The van der Waals surface area contributed by atoms with Crippen LogP contribution in [0, 0.1) is 25.6 Å². The number of nitrogens with zero attached hydrogens (tertiary/aromatic N) is 5. The normalized spacial score (nSPS) is 12.0. The van der Waals surface area contributed by atoms with Gasteiger partial charge in [-0.05, 0) is 44.0 Å². The van der Waals surface area contributed by atoms with Crippen molar-refractivity contribution in [2.75, 3.05) is 0 Å². The number of halogens is 1. The van der Waals surface area contributed by atoms with E-state index in [0.29, 0.717) is 23.5 Å². The number of aryl methyl sites for hydroxylation is 2. The molecule has 0 atom stereocenters. The zero-order valence-electron chi connectivity index (χ0n) is 16.5. The Morgan fingerprint density at radius 3 is 2.32 bits per heavy atom. The van der Waals surface area contributed by atoms with Crippen molar-refractivity contribution in [3.05, 3.63) is 62.3 Å². The van der Waals surface area contributed by atoms with Gasteiger partial charge in [0.1, 0.15) is 5.82 Å². The van der Waals surface area contributed by atoms with Crippen LogP contribution in [0.5, 0.6) is 0 Å². The summed E-state index contributed by atoms with van der Waals surface area (Å²) in [5, 5.41) is 0. The van der Waals surface area contributed by atoms with Crippen LogP contribution in [-0.4, -0.2) is 23.1 Å². The monoisotopic (exact) mass is 383 g/mol. The molecule has 3 aromatic heterocycles. The van der Waals surface area contributed by atoms with Gasteiger partial charge in [-0.2, -0.15) is 4.98 Å². The first kappa shape index (κ1) is 18.2. The lowest BCUT2D eigenvalue weighted by Gasteiger charge is -2.10. The molecule has 0 spiro atoms. The zero-order valence-corrected chi connectivity index (χ0v) is 16.5. The van der Waals surface area contributed by atoms with Gasteiger partial charge in [-0.1, -0.05) is 13.8 Å². The molecule has 0 fully saturated rings. The van der Waals surface area contributed by atoms with E-state index < -0.39 is 0 Å². The zero-order chi connectivity index (χ0) is 20.3. The molecule has 7 nitrogen and oxygen atoms in total. The predicted octanol–water partition coefficient (Wildman–Crippen LogP) is 2.55. The molecule has 0 aliphatic rings. The van der Waals surface area contributed by atoms with Crippen LogP contribution < -0.4 is 11.2 Å². The number of rotatable bonds is 3. The molecule has 3 heterocycles. The van der Waals surface area contributed by atoms with E-state index in [-0.39, 0.29) is 23.0 Å². The quantitative estimate of drug-likeness (QED) is 0.546. The SMILES string of the molecule is Cc1c(C)n2c3c(=O)n(CC(C)C)c(=O)n(C)c3nc2n1-c1ccc(F)cc1. The van der Waals surface area contributed by atoms with Gasteiger partial charge < -0.3 is 0 Å². The van der Waals surface area contributed by atoms with E-state index in [1.165, 1.54) is 21.3 Å². The first-order valence-electron chi connectivity index (χ1n) is 9.18. The standard InChI is InChI=1S/C20H22FN5O2/c1-11(2)10-24-18(27)16-17(23(5)20(24)28)22-19-25(12(3)13(4)26(16)19)15-8-6-14(21)7-9-15/h6-9,11H,10H2,1-5H3. The third kappa shape index (κ3) is 2.44. The number of hydrogen-bond donors (Lipinski definition) is 0. The summed E-state index contributed by atoms with van der Waals surface area (Å²) < 4.78 is 19.7. The van der Waals surface area contributed by atoms with Gasteiger partial charge >= 0.3 is 5.69 Å². The van der Waals surface area contributed by atoms with Crippen LogP contribution in [0.1, 0.15) is 25.2 Å². The summed E-state index contributed by atoms with van der Waals surface area (Å²) in [6, 6.07) is 6.09. The van der Waals surface area contributed by atoms with Gasteiger partial charge in [0, 0.05) is 30.7 Å². The molecule has 0 saturated heterocycles. The highest BCUT2D eigenvalue weighted by Crippen LogP contribution is 2.24. The molecule has 0 unspecified atom stereocenters. The second-order valence-corrected chi connectivity index (χ2v) is 7.55. The average molecular weight is 383 g/mol. The van der Waals surface area contributed by atoms with Gasteiger partial charge in [-0.15, -0.1) is 0 Å². The summed E-state index contributed by atoms with van der Waals surface area (Å²) in [7, 11) is 1.62. The molecule has 4 aromatic rings. The molecule has 28 heavy (non-hydrogen) atoms. The number of aromatic nitrogens is 5. The Balaban J connectivity index is 2.16. The van der Waals surface area contributed by atoms with Crippen LogP contribution in [0.4, 0.5) is 4.39 Å². The average Bonchev–Trinajstić information content (AvgIpc) is 3.14. The molecular weight excluding hydrogens is 361 g/mol. The molecule has 146 valence electrons. The Kier molecular flexibility index (Phi) is 4.02. The fraction of sp³-hybridized carbons (Fsp3) is 0.350. The lowest BCUT2D eigenvalue weighted by molar-refractivity contribution is 0.484. The number of fused-ring (bicyclic) bond motifs is 3. The minimum absolute atomic E-state index is 0.151. The maximum atomic E-state index is 13.4. The van der Waals surface area contributed by atoms with E-state index >= 15 is 0 Å². The Hall–Kier alpha value is -3.16. The molecule has 4 rings (SSSR count). The van der Waals surface area contributed by atoms with Gasteiger partial charge in [-0.3, -0.25) is 22.9 Å². The molecule has 0 aliphatic carbocycles. The van der Waals surface area contributed by atoms with Crippen LogP contribution in [0.3, 0.4) is 0 Å². The smallest absolute Gasteiger partial charge is 0.283 e. The molecule has 0 radical (unpaired) electrons. The van der Waals surface area contributed by atoms with Crippen molar-refractivity contribution >= 4 is 16.9 Å². The summed E-state index contributed by atoms with van der Waals surface area (Å²) in [4.78, 5) is 30.5. The van der Waals surface area contributed by atoms with E-state index in [4.69, 9.17) is 0 Å². The van der Waals surface area contributed by atoms with Crippen LogP contribution in [-0.2, 0) is 13.6 Å². The molecule has 1 aromatic carbocycles. The Labute approximate surface area is 160 Å². The van der Waals surface area contributed by atoms with Crippen molar-refractivity contribution in [2.24, 2.45) is 13.0 Å². The Bertz CT molecular complexity index is 1340. The largest absolute Gasteiger partial charge is 0.332 e. The van der Waals surface area contributed by atoms with Gasteiger partial charge in [0.05, 0.1) is 0 Å². The van der Waals surface area contributed by atoms with Crippen LogP contribution in [0.15, 0.2) is 33.9 Å². The van der Waals surface area contributed by atoms with Gasteiger partial charge in [0.15, 0.2) is 11.2 Å². The lowest BCUT2D eigenvalue weighted by atomic mass is 10.2. The van der Waals surface area contributed by atoms with Crippen LogP contribution in [0.2, 0.25) is 0 Å². The second-order valence-electron chi connectivity index (χ2n) is 7.55. The highest BCUT2D eigenvalue weighted by molar-refractivity contribution is 5.77. The molecule has 0 aliphatic heterocycles. The third-order valence-electron chi connectivity index (χ3n) is 5.15. The van der Waals surface area contributed by atoms with E-state index in [1.54, 1.807) is 23.6 Å². The molecular formula is C20H22FN5O2. The summed E-state index contributed by atoms with van der Waals surface area (Å²) in [5.74, 6) is 0.345. The Morgan fingerprint density at radius 1 is 1.07 bits per heavy atom. The minimum Gasteiger partial charge on any atom is -0.283 e. The van der Waals surface area contributed by atoms with Crippen molar-refractivity contribution in [3.8, 4) is 5.69 Å². The number of hydrogen-bond acceptors (Lipinski definition) is 3. The molecule has 0 amide bonds. The van der Waals surface area contributed by atoms with Crippen molar-refractivity contribution in [1.29, 1.82) is 0 Å². The van der Waals surface area contributed by atoms with E-state index in [0.717, 1.165) is 17.1 Å². The Morgan fingerprint density at radius 2 is 1.71 bits per heavy atom. The lowest BCUT2D eigenvalue weighted by Crippen LogP contribution is -2.40. The maximum absolute atomic E-state index is 13.4. The summed E-state index contributed by atoms with van der Waals surface area (Å²) >= 11 is 0. The third-order valence-corrected chi connectivity index (χ3v) is 5.15. The highest BCUT2D eigenvalue weighted by atomic mass is 19.1. The van der Waals surface area contributed by atoms with Crippen LogP contribution >= 0.6 is 0 Å². The maximum Gasteiger partial charge on any atom is 0.332 e. The molecule has 0 saturated carbocycles. The number of benzene rings is 1. The predicted molar refractivity (Wildman–Crippen MR) is 106 cm³/mol. The van der Waals surface area contributed by atoms with E-state index in [9.17, 15) is 14.0 Å². The van der Waals surface area contributed by atoms with Crippen LogP contribution in [0.25, 0.3) is 22.6 Å². The van der Waals surface area contributed by atoms with E-state index in [2.05, 4.69) is 4.98 Å². The van der Waals surface area contributed by atoms with Gasteiger partial charge in [0.25, 0.3) is 5.56 Å². The first-order chi connectivity index (χ1) is 13.2. The summed E-state index contributed by atoms with van der Waals surface area (Å²) in [5.41, 5.74) is 2.45.